The second kappa shape index (κ2) is 9.97. The van der Waals surface area contributed by atoms with E-state index in [1.165, 1.54) is 19.2 Å². The monoisotopic (exact) mass is 516 g/mol. The highest BCUT2D eigenvalue weighted by molar-refractivity contribution is 9.10. The molecule has 0 aliphatic rings. The Morgan fingerprint density at radius 2 is 1.69 bits per heavy atom. The van der Waals surface area contributed by atoms with Crippen molar-refractivity contribution in [2.24, 2.45) is 0 Å². The summed E-state index contributed by atoms with van der Waals surface area (Å²) in [6, 6.07) is 19.4. The van der Waals surface area contributed by atoms with Gasteiger partial charge < -0.3 is 10.1 Å². The molecule has 0 saturated carbocycles. The zero-order chi connectivity index (χ0) is 23.3. The third-order valence-corrected chi connectivity index (χ3v) is 7.01. The predicted molar refractivity (Wildman–Crippen MR) is 126 cm³/mol. The van der Waals surface area contributed by atoms with Crippen LogP contribution in [0.15, 0.2) is 82.2 Å². The fourth-order valence-corrected chi connectivity index (χ4v) is 4.91. The summed E-state index contributed by atoms with van der Waals surface area (Å²) >= 11 is 3.35. The Morgan fingerprint density at radius 1 is 1.00 bits per heavy atom. The van der Waals surface area contributed by atoms with Gasteiger partial charge in [-0.1, -0.05) is 46.3 Å². The molecule has 3 rings (SSSR count). The van der Waals surface area contributed by atoms with Crippen LogP contribution in [0, 0.1) is 6.92 Å². The second-order valence-corrected chi connectivity index (χ2v) is 9.60. The zero-order valence-electron chi connectivity index (χ0n) is 17.4. The van der Waals surface area contributed by atoms with Crippen LogP contribution in [-0.2, 0) is 19.6 Å². The van der Waals surface area contributed by atoms with Crippen LogP contribution in [-0.4, -0.2) is 33.9 Å². The Morgan fingerprint density at radius 3 is 2.34 bits per heavy atom. The highest BCUT2D eigenvalue weighted by Gasteiger charge is 2.27. The number of carbonyl (C=O) groups is 2. The molecule has 0 atom stereocenters. The SMILES string of the molecule is COC(=O)c1cccc(NC(=O)CN(c2cccc(Br)c2)S(=O)(=O)c2ccccc2)c1C. The topological polar surface area (TPSA) is 92.8 Å². The third-order valence-electron chi connectivity index (χ3n) is 4.73. The average molecular weight is 517 g/mol. The lowest BCUT2D eigenvalue weighted by molar-refractivity contribution is -0.114. The molecule has 7 nitrogen and oxygen atoms in total. The maximum atomic E-state index is 13.4. The van der Waals surface area contributed by atoms with Crippen molar-refractivity contribution in [1.29, 1.82) is 0 Å². The van der Waals surface area contributed by atoms with Gasteiger partial charge >= 0.3 is 5.97 Å². The summed E-state index contributed by atoms with van der Waals surface area (Å²) in [6.07, 6.45) is 0. The van der Waals surface area contributed by atoms with Gasteiger partial charge in [-0.05, 0) is 55.0 Å². The number of carbonyl (C=O) groups excluding carboxylic acids is 2. The first-order valence-corrected chi connectivity index (χ1v) is 11.8. The smallest absolute Gasteiger partial charge is 0.338 e. The quantitative estimate of drug-likeness (QED) is 0.470. The molecule has 0 saturated heterocycles. The van der Waals surface area contributed by atoms with Gasteiger partial charge in [0.05, 0.1) is 23.3 Å². The lowest BCUT2D eigenvalue weighted by Gasteiger charge is -2.24. The van der Waals surface area contributed by atoms with Gasteiger partial charge in [-0.2, -0.15) is 0 Å². The number of sulfonamides is 1. The molecular formula is C23H21BrN2O5S. The Kier molecular flexibility index (Phi) is 7.32. The number of anilines is 2. The van der Waals surface area contributed by atoms with E-state index >= 15 is 0 Å². The molecule has 0 aromatic heterocycles. The molecule has 0 aliphatic carbocycles. The standard InChI is InChI=1S/C23H21BrN2O5S/c1-16-20(23(28)31-2)12-7-13-21(16)25-22(27)15-26(18-9-6-8-17(24)14-18)32(29,30)19-10-4-3-5-11-19/h3-14H,15H2,1-2H3,(H,25,27). The molecule has 3 aromatic rings. The summed E-state index contributed by atoms with van der Waals surface area (Å²) < 4.78 is 33.2. The van der Waals surface area contributed by atoms with Crippen molar-refractivity contribution in [2.75, 3.05) is 23.3 Å². The number of hydrogen-bond acceptors (Lipinski definition) is 5. The minimum Gasteiger partial charge on any atom is -0.465 e. The molecule has 1 N–H and O–H groups in total. The molecule has 0 spiro atoms. The van der Waals surface area contributed by atoms with E-state index in [0.717, 1.165) is 4.31 Å². The van der Waals surface area contributed by atoms with Crippen molar-refractivity contribution >= 4 is 49.2 Å². The molecule has 0 aliphatic heterocycles. The first kappa shape index (κ1) is 23.5. The number of nitrogens with one attached hydrogen (secondary N) is 1. The largest absolute Gasteiger partial charge is 0.465 e. The van der Waals surface area contributed by atoms with Gasteiger partial charge in [-0.25, -0.2) is 13.2 Å². The van der Waals surface area contributed by atoms with Crippen LogP contribution in [0.3, 0.4) is 0 Å². The number of ether oxygens (including phenoxy) is 1. The van der Waals surface area contributed by atoms with Gasteiger partial charge in [0.2, 0.25) is 5.91 Å². The van der Waals surface area contributed by atoms with Gasteiger partial charge in [0.15, 0.2) is 0 Å². The molecule has 166 valence electrons. The molecular weight excluding hydrogens is 496 g/mol. The third kappa shape index (κ3) is 5.17. The summed E-state index contributed by atoms with van der Waals surface area (Å²) in [6.45, 7) is 1.21. The number of benzene rings is 3. The summed E-state index contributed by atoms with van der Waals surface area (Å²) in [5, 5.41) is 2.70. The van der Waals surface area contributed by atoms with E-state index in [9.17, 15) is 18.0 Å². The Bertz CT molecular complexity index is 1250. The number of esters is 1. The number of amides is 1. The summed E-state index contributed by atoms with van der Waals surface area (Å²) in [4.78, 5) is 24.9. The Balaban J connectivity index is 1.94. The molecule has 1 amide bonds. The van der Waals surface area contributed by atoms with Crippen molar-refractivity contribution in [3.05, 3.63) is 88.4 Å². The van der Waals surface area contributed by atoms with Crippen LogP contribution in [0.2, 0.25) is 0 Å². The minimum atomic E-state index is -4.02. The molecule has 0 heterocycles. The van der Waals surface area contributed by atoms with Gasteiger partial charge in [-0.3, -0.25) is 9.10 Å². The van der Waals surface area contributed by atoms with Gasteiger partial charge in [0.25, 0.3) is 10.0 Å². The second-order valence-electron chi connectivity index (χ2n) is 6.82. The summed E-state index contributed by atoms with van der Waals surface area (Å²) in [7, 11) is -2.74. The highest BCUT2D eigenvalue weighted by Crippen LogP contribution is 2.27. The first-order chi connectivity index (χ1) is 15.2. The van der Waals surface area contributed by atoms with Crippen molar-refractivity contribution < 1.29 is 22.7 Å². The molecule has 0 radical (unpaired) electrons. The van der Waals surface area contributed by atoms with Crippen molar-refractivity contribution in [3.8, 4) is 0 Å². The summed E-state index contributed by atoms with van der Waals surface area (Å²) in [5.41, 5.74) is 1.56. The number of nitrogens with zero attached hydrogens (tertiary/aromatic N) is 1. The van der Waals surface area contributed by atoms with Crippen LogP contribution in [0.1, 0.15) is 15.9 Å². The molecule has 3 aromatic carbocycles. The van der Waals surface area contributed by atoms with E-state index in [4.69, 9.17) is 4.74 Å². The van der Waals surface area contributed by atoms with Crippen LogP contribution in [0.5, 0.6) is 0 Å². The van der Waals surface area contributed by atoms with Gasteiger partial charge in [0.1, 0.15) is 6.54 Å². The maximum absolute atomic E-state index is 13.4. The molecule has 9 heteroatoms. The first-order valence-electron chi connectivity index (χ1n) is 9.55. The number of rotatable bonds is 7. The Hall–Kier alpha value is -3.17. The lowest BCUT2D eigenvalue weighted by Crippen LogP contribution is -2.38. The van der Waals surface area contributed by atoms with Crippen LogP contribution in [0.4, 0.5) is 11.4 Å². The fraction of sp³-hybridized carbons (Fsp3) is 0.130. The van der Waals surface area contributed by atoms with E-state index in [2.05, 4.69) is 21.2 Å². The number of halogens is 1. The normalized spacial score (nSPS) is 11.0. The van der Waals surface area contributed by atoms with E-state index in [1.54, 1.807) is 67.6 Å². The number of hydrogen-bond donors (Lipinski definition) is 1. The average Bonchev–Trinajstić information content (AvgIpc) is 2.79. The fourth-order valence-electron chi connectivity index (χ4n) is 3.09. The van der Waals surface area contributed by atoms with E-state index in [0.29, 0.717) is 27.0 Å². The number of methoxy groups -OCH3 is 1. The van der Waals surface area contributed by atoms with Crippen LogP contribution >= 0.6 is 15.9 Å². The van der Waals surface area contributed by atoms with Gasteiger partial charge in [-0.15, -0.1) is 0 Å². The minimum absolute atomic E-state index is 0.0663. The van der Waals surface area contributed by atoms with E-state index in [1.807, 2.05) is 0 Å². The molecule has 0 bridgehead atoms. The molecule has 0 fully saturated rings. The van der Waals surface area contributed by atoms with Crippen molar-refractivity contribution in [1.82, 2.24) is 0 Å². The Labute approximate surface area is 195 Å². The maximum Gasteiger partial charge on any atom is 0.338 e. The van der Waals surface area contributed by atoms with Gasteiger partial charge in [0, 0.05) is 10.2 Å². The van der Waals surface area contributed by atoms with Crippen molar-refractivity contribution in [3.63, 3.8) is 0 Å². The molecule has 0 unspecified atom stereocenters. The van der Waals surface area contributed by atoms with Crippen LogP contribution < -0.4 is 9.62 Å². The lowest BCUT2D eigenvalue weighted by atomic mass is 10.1. The van der Waals surface area contributed by atoms with E-state index in [-0.39, 0.29) is 4.90 Å². The van der Waals surface area contributed by atoms with Crippen LogP contribution in [0.25, 0.3) is 0 Å². The molecule has 32 heavy (non-hydrogen) atoms. The summed E-state index contributed by atoms with van der Waals surface area (Å²) in [5.74, 6) is -1.09. The zero-order valence-corrected chi connectivity index (χ0v) is 19.8. The highest BCUT2D eigenvalue weighted by atomic mass is 79.9. The predicted octanol–water partition coefficient (Wildman–Crippen LogP) is 4.38. The van der Waals surface area contributed by atoms with E-state index < -0.39 is 28.4 Å². The van der Waals surface area contributed by atoms with Crippen molar-refractivity contribution in [2.45, 2.75) is 11.8 Å².